The van der Waals surface area contributed by atoms with E-state index in [-0.39, 0.29) is 16.8 Å². The highest BCUT2D eigenvalue weighted by Gasteiger charge is 2.12. The van der Waals surface area contributed by atoms with Crippen LogP contribution in [0.5, 0.6) is 0 Å². The molecule has 0 saturated heterocycles. The molecule has 1 aromatic carbocycles. The number of benzene rings is 1. The number of amides is 4. The Kier molecular flexibility index (Phi) is 8.77. The van der Waals surface area contributed by atoms with Gasteiger partial charge in [0, 0.05) is 25.2 Å². The fraction of sp³-hybridized carbons (Fsp3) is 0.471. The topological polar surface area (TPSA) is 113 Å². The quantitative estimate of drug-likeness (QED) is 0.502. The number of nitrogens with one attached hydrogen (secondary N) is 3. The number of hydrogen-bond acceptors (Lipinski definition) is 3. The van der Waals surface area contributed by atoms with Crippen LogP contribution in [0.1, 0.15) is 43.5 Å². The number of nitrogens with two attached hydrogens (primary N) is 1. The zero-order valence-corrected chi connectivity index (χ0v) is 15.3. The maximum atomic E-state index is 12.0. The fourth-order valence-electron chi connectivity index (χ4n) is 2.01. The molecular formula is C17H25ClN4O3. The molecule has 0 saturated carbocycles. The minimum absolute atomic E-state index is 0.160. The molecule has 0 fully saturated rings. The monoisotopic (exact) mass is 368 g/mol. The van der Waals surface area contributed by atoms with E-state index >= 15 is 0 Å². The van der Waals surface area contributed by atoms with Gasteiger partial charge in [-0.15, -0.1) is 0 Å². The molecule has 4 amide bonds. The molecule has 0 aliphatic rings. The van der Waals surface area contributed by atoms with Crippen molar-refractivity contribution < 1.29 is 14.4 Å². The lowest BCUT2D eigenvalue weighted by atomic mass is 10.1. The van der Waals surface area contributed by atoms with Crippen LogP contribution in [0, 0.1) is 5.92 Å². The predicted molar refractivity (Wildman–Crippen MR) is 98.7 cm³/mol. The van der Waals surface area contributed by atoms with Crippen molar-refractivity contribution in [1.82, 2.24) is 10.6 Å². The van der Waals surface area contributed by atoms with E-state index in [1.54, 1.807) is 18.2 Å². The smallest absolute Gasteiger partial charge is 0.312 e. The van der Waals surface area contributed by atoms with Crippen LogP contribution in [0.15, 0.2) is 18.2 Å². The summed E-state index contributed by atoms with van der Waals surface area (Å²) >= 11 is 6.13. The van der Waals surface area contributed by atoms with Gasteiger partial charge in [-0.1, -0.05) is 25.4 Å². The molecule has 0 unspecified atom stereocenters. The fourth-order valence-corrected chi connectivity index (χ4v) is 2.28. The summed E-state index contributed by atoms with van der Waals surface area (Å²) in [7, 11) is 0. The molecule has 7 nitrogen and oxygen atoms in total. The molecule has 1 rings (SSSR count). The van der Waals surface area contributed by atoms with Gasteiger partial charge in [-0.05, 0) is 37.0 Å². The molecule has 0 radical (unpaired) electrons. The number of unbranched alkanes of at least 4 members (excludes halogenated alkanes) is 1. The number of urea groups is 1. The lowest BCUT2D eigenvalue weighted by Crippen LogP contribution is -2.30. The Morgan fingerprint density at radius 1 is 1.16 bits per heavy atom. The molecule has 8 heteroatoms. The van der Waals surface area contributed by atoms with Crippen molar-refractivity contribution in [3.8, 4) is 0 Å². The molecule has 0 atom stereocenters. The van der Waals surface area contributed by atoms with E-state index < -0.39 is 6.03 Å². The second-order valence-electron chi connectivity index (χ2n) is 6.09. The van der Waals surface area contributed by atoms with Crippen LogP contribution in [0.3, 0.4) is 0 Å². The predicted octanol–water partition coefficient (Wildman–Crippen LogP) is 2.50. The van der Waals surface area contributed by atoms with E-state index in [1.165, 1.54) is 0 Å². The Labute approximate surface area is 152 Å². The number of primary amides is 1. The van der Waals surface area contributed by atoms with Crippen molar-refractivity contribution in [2.24, 2.45) is 11.7 Å². The Bertz CT molecular complexity index is 620. The molecule has 0 spiro atoms. The Morgan fingerprint density at radius 3 is 2.48 bits per heavy atom. The zero-order valence-electron chi connectivity index (χ0n) is 14.5. The van der Waals surface area contributed by atoms with E-state index in [0.29, 0.717) is 49.5 Å². The average Bonchev–Trinajstić information content (AvgIpc) is 2.52. The van der Waals surface area contributed by atoms with E-state index in [4.69, 9.17) is 17.3 Å². The van der Waals surface area contributed by atoms with Gasteiger partial charge in [0.2, 0.25) is 5.91 Å². The third-order valence-electron chi connectivity index (χ3n) is 3.30. The van der Waals surface area contributed by atoms with Crippen LogP contribution in [-0.4, -0.2) is 30.9 Å². The van der Waals surface area contributed by atoms with Crippen molar-refractivity contribution in [3.63, 3.8) is 0 Å². The maximum absolute atomic E-state index is 12.0. The van der Waals surface area contributed by atoms with Crippen LogP contribution in [0.4, 0.5) is 10.5 Å². The molecule has 138 valence electrons. The second kappa shape index (κ2) is 10.6. The average molecular weight is 369 g/mol. The first-order chi connectivity index (χ1) is 11.8. The van der Waals surface area contributed by atoms with Crippen LogP contribution in [0.2, 0.25) is 5.02 Å². The van der Waals surface area contributed by atoms with Gasteiger partial charge >= 0.3 is 6.03 Å². The molecule has 0 heterocycles. The first kappa shape index (κ1) is 20.8. The van der Waals surface area contributed by atoms with Gasteiger partial charge < -0.3 is 21.7 Å². The minimum atomic E-state index is -0.573. The summed E-state index contributed by atoms with van der Waals surface area (Å²) in [6.45, 7) is 5.02. The maximum Gasteiger partial charge on any atom is 0.312 e. The summed E-state index contributed by atoms with van der Waals surface area (Å²) in [6, 6.07) is 4.21. The third-order valence-corrected chi connectivity index (χ3v) is 3.61. The normalized spacial score (nSPS) is 10.4. The molecular weight excluding hydrogens is 344 g/mol. The lowest BCUT2D eigenvalue weighted by molar-refractivity contribution is -0.116. The molecule has 5 N–H and O–H groups in total. The Morgan fingerprint density at radius 2 is 1.88 bits per heavy atom. The van der Waals surface area contributed by atoms with Gasteiger partial charge in [-0.2, -0.15) is 0 Å². The SMILES string of the molecule is CC(C)CNC(=O)c1ccc(NC(=O)CCCCNC(N)=O)cc1Cl. The highest BCUT2D eigenvalue weighted by Crippen LogP contribution is 2.21. The third kappa shape index (κ3) is 8.39. The first-order valence-corrected chi connectivity index (χ1v) is 8.58. The van der Waals surface area contributed by atoms with Crippen molar-refractivity contribution in [1.29, 1.82) is 0 Å². The van der Waals surface area contributed by atoms with Crippen LogP contribution in [-0.2, 0) is 4.79 Å². The summed E-state index contributed by atoms with van der Waals surface area (Å²) in [6.07, 6.45) is 1.59. The van der Waals surface area contributed by atoms with Gasteiger partial charge in [0.1, 0.15) is 0 Å². The largest absolute Gasteiger partial charge is 0.352 e. The van der Waals surface area contributed by atoms with Gasteiger partial charge in [-0.25, -0.2) is 4.79 Å². The van der Waals surface area contributed by atoms with Crippen molar-refractivity contribution in [2.45, 2.75) is 33.1 Å². The van der Waals surface area contributed by atoms with Crippen molar-refractivity contribution in [2.75, 3.05) is 18.4 Å². The molecule has 0 aromatic heterocycles. The summed E-state index contributed by atoms with van der Waals surface area (Å²) in [5.41, 5.74) is 5.85. The second-order valence-corrected chi connectivity index (χ2v) is 6.50. The molecule has 0 aliphatic heterocycles. The summed E-state index contributed by atoms with van der Waals surface area (Å²) in [5.74, 6) is -0.0508. The number of rotatable bonds is 9. The van der Waals surface area contributed by atoms with Crippen LogP contribution in [0.25, 0.3) is 0 Å². The number of halogens is 1. The van der Waals surface area contributed by atoms with Gasteiger partial charge in [0.15, 0.2) is 0 Å². The van der Waals surface area contributed by atoms with E-state index in [2.05, 4.69) is 16.0 Å². The van der Waals surface area contributed by atoms with Crippen LogP contribution < -0.4 is 21.7 Å². The summed E-state index contributed by atoms with van der Waals surface area (Å²) in [5, 5.41) is 8.27. The molecule has 0 aliphatic carbocycles. The minimum Gasteiger partial charge on any atom is -0.352 e. The number of hydrogen-bond donors (Lipinski definition) is 4. The lowest BCUT2D eigenvalue weighted by Gasteiger charge is -2.11. The first-order valence-electron chi connectivity index (χ1n) is 8.20. The van der Waals surface area contributed by atoms with Gasteiger partial charge in [0.05, 0.1) is 10.6 Å². The zero-order chi connectivity index (χ0) is 18.8. The molecule has 25 heavy (non-hydrogen) atoms. The highest BCUT2D eigenvalue weighted by molar-refractivity contribution is 6.34. The van der Waals surface area contributed by atoms with E-state index in [0.717, 1.165) is 0 Å². The van der Waals surface area contributed by atoms with Crippen molar-refractivity contribution >= 4 is 35.1 Å². The highest BCUT2D eigenvalue weighted by atomic mass is 35.5. The standard InChI is InChI=1S/C17H25ClN4O3/c1-11(2)10-21-16(24)13-7-6-12(9-14(13)18)22-15(23)5-3-4-8-20-17(19)25/h6-7,9,11H,3-5,8,10H2,1-2H3,(H,21,24)(H,22,23)(H3,19,20,25). The summed E-state index contributed by atoms with van der Waals surface area (Å²) in [4.78, 5) is 34.4. The number of anilines is 1. The molecule has 0 bridgehead atoms. The van der Waals surface area contributed by atoms with Gasteiger partial charge in [-0.3, -0.25) is 9.59 Å². The Balaban J connectivity index is 2.46. The van der Waals surface area contributed by atoms with Crippen molar-refractivity contribution in [3.05, 3.63) is 28.8 Å². The molecule has 1 aromatic rings. The number of carbonyl (C=O) groups excluding carboxylic acids is 3. The van der Waals surface area contributed by atoms with E-state index in [1.807, 2.05) is 13.8 Å². The number of carbonyl (C=O) groups is 3. The summed E-state index contributed by atoms with van der Waals surface area (Å²) < 4.78 is 0. The van der Waals surface area contributed by atoms with Gasteiger partial charge in [0.25, 0.3) is 5.91 Å². The Hall–Kier alpha value is -2.28. The van der Waals surface area contributed by atoms with E-state index in [9.17, 15) is 14.4 Å². The van der Waals surface area contributed by atoms with Crippen LogP contribution >= 0.6 is 11.6 Å².